The lowest BCUT2D eigenvalue weighted by atomic mass is 9.86. The van der Waals surface area contributed by atoms with Crippen molar-refractivity contribution in [2.24, 2.45) is 10.7 Å². The van der Waals surface area contributed by atoms with Crippen LogP contribution in [-0.2, 0) is 11.2 Å². The number of hydrogen-bond donors (Lipinski definition) is 1. The van der Waals surface area contributed by atoms with Crippen molar-refractivity contribution in [3.63, 3.8) is 0 Å². The molecule has 3 rings (SSSR count). The van der Waals surface area contributed by atoms with E-state index in [1.807, 2.05) is 6.07 Å². The maximum absolute atomic E-state index is 5.58. The molecule has 0 saturated heterocycles. The van der Waals surface area contributed by atoms with E-state index in [-0.39, 0.29) is 12.1 Å². The number of aliphatic imine (C=N–C) groups is 1. The number of nitrogens with zero attached hydrogens (tertiary/aromatic N) is 1. The van der Waals surface area contributed by atoms with Gasteiger partial charge in [-0.1, -0.05) is 24.3 Å². The van der Waals surface area contributed by atoms with Crippen LogP contribution in [0.25, 0.3) is 0 Å². The highest BCUT2D eigenvalue weighted by molar-refractivity contribution is 5.74. The summed E-state index contributed by atoms with van der Waals surface area (Å²) >= 11 is 0. The Hall–Kier alpha value is -1.51. The maximum atomic E-state index is 5.58. The summed E-state index contributed by atoms with van der Waals surface area (Å²) in [7, 11) is 0. The Morgan fingerprint density at radius 1 is 1.36 bits per heavy atom. The number of amidine groups is 1. The van der Waals surface area contributed by atoms with Crippen LogP contribution < -0.4 is 5.73 Å². The molecule has 1 aromatic carbocycles. The Kier molecular flexibility index (Phi) is 1.54. The fraction of sp³-hybridized carbons (Fsp3) is 0.364. The van der Waals surface area contributed by atoms with Gasteiger partial charge in [-0.3, -0.25) is 0 Å². The van der Waals surface area contributed by atoms with Gasteiger partial charge in [0.25, 0.3) is 6.02 Å². The second-order valence-electron chi connectivity index (χ2n) is 3.81. The largest absolute Gasteiger partial charge is 0.455 e. The fourth-order valence-corrected chi connectivity index (χ4v) is 2.30. The molecule has 0 fully saturated rings. The van der Waals surface area contributed by atoms with E-state index < -0.39 is 0 Å². The second kappa shape index (κ2) is 2.74. The van der Waals surface area contributed by atoms with Gasteiger partial charge in [0.05, 0.1) is 6.04 Å². The normalized spacial score (nSPS) is 28.7. The standard InChI is InChI=1S/C11H12N2O/c12-11-13-9-6-5-7-3-1-2-4-8(7)10(9)14-11/h1-4,9-10H,5-6H2,(H2,12,13)/t9-,10-/m1/s1. The number of hydrogen-bond acceptors (Lipinski definition) is 3. The molecule has 1 heterocycles. The van der Waals surface area contributed by atoms with Gasteiger partial charge in [0.2, 0.25) is 0 Å². The molecule has 0 bridgehead atoms. The highest BCUT2D eigenvalue weighted by Gasteiger charge is 2.35. The monoisotopic (exact) mass is 188 g/mol. The van der Waals surface area contributed by atoms with Gasteiger partial charge >= 0.3 is 0 Å². The van der Waals surface area contributed by atoms with E-state index in [9.17, 15) is 0 Å². The van der Waals surface area contributed by atoms with Crippen molar-refractivity contribution >= 4 is 6.02 Å². The van der Waals surface area contributed by atoms with Gasteiger partial charge in [-0.25, -0.2) is 4.99 Å². The lowest BCUT2D eigenvalue weighted by Crippen LogP contribution is -2.22. The summed E-state index contributed by atoms with van der Waals surface area (Å²) in [4.78, 5) is 4.28. The molecule has 0 saturated carbocycles. The average molecular weight is 188 g/mol. The van der Waals surface area contributed by atoms with Crippen LogP contribution in [0.1, 0.15) is 23.7 Å². The van der Waals surface area contributed by atoms with Crippen molar-refractivity contribution in [3.05, 3.63) is 35.4 Å². The molecule has 3 heteroatoms. The molecular weight excluding hydrogens is 176 g/mol. The number of fused-ring (bicyclic) bond motifs is 3. The van der Waals surface area contributed by atoms with Crippen LogP contribution in [0.4, 0.5) is 0 Å². The summed E-state index contributed by atoms with van der Waals surface area (Å²) in [5.41, 5.74) is 8.21. The molecule has 1 aromatic rings. The molecule has 1 aliphatic carbocycles. The minimum Gasteiger partial charge on any atom is -0.455 e. The van der Waals surface area contributed by atoms with E-state index in [4.69, 9.17) is 10.5 Å². The van der Waals surface area contributed by atoms with Crippen molar-refractivity contribution in [1.82, 2.24) is 0 Å². The average Bonchev–Trinajstić information content (AvgIpc) is 2.59. The Balaban J connectivity index is 2.04. The quantitative estimate of drug-likeness (QED) is 0.668. The van der Waals surface area contributed by atoms with E-state index in [1.165, 1.54) is 11.1 Å². The number of ether oxygens (including phenoxy) is 1. The first-order chi connectivity index (χ1) is 6.84. The summed E-state index contributed by atoms with van der Waals surface area (Å²) in [6.45, 7) is 0. The summed E-state index contributed by atoms with van der Waals surface area (Å²) in [5.74, 6) is 0. The minimum absolute atomic E-state index is 0.0694. The van der Waals surface area contributed by atoms with Crippen LogP contribution in [0.3, 0.4) is 0 Å². The third kappa shape index (κ3) is 1.02. The zero-order chi connectivity index (χ0) is 9.54. The lowest BCUT2D eigenvalue weighted by Gasteiger charge is -2.25. The molecule has 1 aliphatic heterocycles. The van der Waals surface area contributed by atoms with Crippen LogP contribution in [0, 0.1) is 0 Å². The number of aryl methyl sites for hydroxylation is 1. The first-order valence-corrected chi connectivity index (χ1v) is 4.92. The first-order valence-electron chi connectivity index (χ1n) is 4.92. The van der Waals surface area contributed by atoms with Crippen LogP contribution in [0.5, 0.6) is 0 Å². The molecular formula is C11H12N2O. The van der Waals surface area contributed by atoms with Gasteiger partial charge in [0.15, 0.2) is 0 Å². The van der Waals surface area contributed by atoms with Crippen LogP contribution in [0.2, 0.25) is 0 Å². The van der Waals surface area contributed by atoms with Crippen molar-refractivity contribution in [3.8, 4) is 0 Å². The lowest BCUT2D eigenvalue weighted by molar-refractivity contribution is 0.180. The third-order valence-corrected chi connectivity index (χ3v) is 2.96. The van der Waals surface area contributed by atoms with Crippen molar-refractivity contribution in [2.75, 3.05) is 0 Å². The topological polar surface area (TPSA) is 47.6 Å². The predicted octanol–water partition coefficient (Wildman–Crippen LogP) is 1.39. The summed E-state index contributed by atoms with van der Waals surface area (Å²) in [5, 5.41) is 0. The summed E-state index contributed by atoms with van der Waals surface area (Å²) in [6.07, 6.45) is 2.19. The highest BCUT2D eigenvalue weighted by atomic mass is 16.5. The smallest absolute Gasteiger partial charge is 0.283 e. The molecule has 14 heavy (non-hydrogen) atoms. The van der Waals surface area contributed by atoms with E-state index in [1.54, 1.807) is 0 Å². The van der Waals surface area contributed by atoms with Crippen LogP contribution in [0.15, 0.2) is 29.3 Å². The van der Waals surface area contributed by atoms with Gasteiger partial charge in [-0.05, 0) is 24.0 Å². The zero-order valence-corrected chi connectivity index (χ0v) is 7.81. The van der Waals surface area contributed by atoms with E-state index in [0.29, 0.717) is 6.02 Å². The van der Waals surface area contributed by atoms with Gasteiger partial charge in [0.1, 0.15) is 6.10 Å². The number of rotatable bonds is 0. The van der Waals surface area contributed by atoms with Gasteiger partial charge in [0, 0.05) is 0 Å². The first kappa shape index (κ1) is 7.85. The third-order valence-electron chi connectivity index (χ3n) is 2.96. The Bertz CT molecular complexity index is 400. The molecule has 0 aromatic heterocycles. The Morgan fingerprint density at radius 3 is 3.14 bits per heavy atom. The van der Waals surface area contributed by atoms with Gasteiger partial charge in [-0.15, -0.1) is 0 Å². The molecule has 0 amide bonds. The molecule has 3 nitrogen and oxygen atoms in total. The summed E-state index contributed by atoms with van der Waals surface area (Å²) < 4.78 is 5.52. The minimum atomic E-state index is 0.0694. The van der Waals surface area contributed by atoms with E-state index in [0.717, 1.165) is 12.8 Å². The summed E-state index contributed by atoms with van der Waals surface area (Å²) in [6, 6.07) is 8.96. The molecule has 2 N–H and O–H groups in total. The van der Waals surface area contributed by atoms with Gasteiger partial charge in [-0.2, -0.15) is 0 Å². The van der Waals surface area contributed by atoms with Gasteiger partial charge < -0.3 is 10.5 Å². The Labute approximate surface area is 82.6 Å². The molecule has 0 spiro atoms. The van der Waals surface area contributed by atoms with E-state index >= 15 is 0 Å². The Morgan fingerprint density at radius 2 is 2.21 bits per heavy atom. The number of benzene rings is 1. The zero-order valence-electron chi connectivity index (χ0n) is 7.81. The van der Waals surface area contributed by atoms with E-state index in [2.05, 4.69) is 23.2 Å². The predicted molar refractivity (Wildman–Crippen MR) is 54.0 cm³/mol. The van der Waals surface area contributed by atoms with Crippen LogP contribution in [-0.4, -0.2) is 12.1 Å². The number of nitrogens with two attached hydrogens (primary N) is 1. The van der Waals surface area contributed by atoms with Crippen molar-refractivity contribution in [1.29, 1.82) is 0 Å². The molecule has 0 unspecified atom stereocenters. The highest BCUT2D eigenvalue weighted by Crippen LogP contribution is 2.37. The molecule has 0 radical (unpaired) electrons. The molecule has 2 atom stereocenters. The maximum Gasteiger partial charge on any atom is 0.283 e. The van der Waals surface area contributed by atoms with Crippen molar-refractivity contribution < 1.29 is 4.74 Å². The van der Waals surface area contributed by atoms with Crippen molar-refractivity contribution in [2.45, 2.75) is 25.0 Å². The molecule has 72 valence electrons. The fourth-order valence-electron chi connectivity index (χ4n) is 2.30. The molecule has 2 aliphatic rings. The second-order valence-corrected chi connectivity index (χ2v) is 3.81. The SMILES string of the molecule is NC1=N[C@@H]2CCc3ccccc3[C@H]2O1. The van der Waals surface area contributed by atoms with Crippen LogP contribution >= 0.6 is 0 Å².